The standard InChI is InChI=1S/C34H47N7O4/c1-25-21-26(23-36-31(25)35)24-45-33(44)41-19-12-29(40-18-9-27-7-3-4-8-30(27)37-32(40)43)22-34(41,13-20-42)39-16-10-28(11-17-39)38-14-5-2-6-15-38/h3-4,7-8,20-21,23,28-29H,2,5-6,9-19,22,24H2,1H3,(H2,35,36)(H,37,43)/t29-,34+/m1/s1. The first kappa shape index (κ1) is 31.3. The number of para-hydroxylation sites is 1. The Morgan fingerprint density at radius 2 is 1.82 bits per heavy atom. The summed E-state index contributed by atoms with van der Waals surface area (Å²) in [5.41, 5.74) is 8.55. The van der Waals surface area contributed by atoms with Crippen LogP contribution in [-0.2, 0) is 22.6 Å². The van der Waals surface area contributed by atoms with Crippen LogP contribution < -0.4 is 11.1 Å². The Hall–Kier alpha value is -3.70. The van der Waals surface area contributed by atoms with Gasteiger partial charge in [0.25, 0.3) is 0 Å². The number of fused-ring (bicyclic) bond motifs is 1. The van der Waals surface area contributed by atoms with Crippen molar-refractivity contribution in [3.05, 3.63) is 53.2 Å². The van der Waals surface area contributed by atoms with Gasteiger partial charge in [-0.05, 0) is 81.8 Å². The smallest absolute Gasteiger partial charge is 0.411 e. The predicted octanol–water partition coefficient (Wildman–Crippen LogP) is 4.40. The maximum absolute atomic E-state index is 13.9. The van der Waals surface area contributed by atoms with Crippen molar-refractivity contribution in [2.45, 2.75) is 89.1 Å². The highest BCUT2D eigenvalue weighted by Gasteiger charge is 2.52. The van der Waals surface area contributed by atoms with Gasteiger partial charge < -0.3 is 30.4 Å². The van der Waals surface area contributed by atoms with E-state index in [0.717, 1.165) is 74.1 Å². The van der Waals surface area contributed by atoms with Crippen molar-refractivity contribution in [1.29, 1.82) is 0 Å². The Kier molecular flexibility index (Phi) is 9.56. The number of rotatable bonds is 7. The van der Waals surface area contributed by atoms with Gasteiger partial charge in [0.1, 0.15) is 24.4 Å². The van der Waals surface area contributed by atoms with Crippen LogP contribution in [0.1, 0.15) is 68.1 Å². The molecule has 2 aromatic rings. The summed E-state index contributed by atoms with van der Waals surface area (Å²) in [6.45, 7) is 6.77. The Bertz CT molecular complexity index is 1370. The van der Waals surface area contributed by atoms with Crippen LogP contribution in [0.25, 0.3) is 0 Å². The van der Waals surface area contributed by atoms with Gasteiger partial charge in [0.05, 0.1) is 0 Å². The Morgan fingerprint density at radius 3 is 2.58 bits per heavy atom. The van der Waals surface area contributed by atoms with Crippen LogP contribution in [0.3, 0.4) is 0 Å². The van der Waals surface area contributed by atoms with Crippen molar-refractivity contribution in [2.75, 3.05) is 50.3 Å². The van der Waals surface area contributed by atoms with E-state index in [1.54, 1.807) is 11.1 Å². The molecular formula is C34H47N7O4. The van der Waals surface area contributed by atoms with E-state index in [4.69, 9.17) is 10.5 Å². The first-order valence-corrected chi connectivity index (χ1v) is 16.6. The van der Waals surface area contributed by atoms with Crippen LogP contribution in [0.15, 0.2) is 36.5 Å². The van der Waals surface area contributed by atoms with Crippen molar-refractivity contribution < 1.29 is 19.1 Å². The Morgan fingerprint density at radius 1 is 1.07 bits per heavy atom. The van der Waals surface area contributed by atoms with E-state index in [2.05, 4.69) is 26.2 Å². The van der Waals surface area contributed by atoms with Gasteiger partial charge in [-0.1, -0.05) is 24.6 Å². The van der Waals surface area contributed by atoms with E-state index in [1.807, 2.05) is 36.1 Å². The normalized spacial score (nSPS) is 25.3. The van der Waals surface area contributed by atoms with Gasteiger partial charge in [-0.15, -0.1) is 0 Å². The molecular weight excluding hydrogens is 570 g/mol. The third kappa shape index (κ3) is 6.65. The molecule has 3 saturated heterocycles. The molecule has 1 aromatic heterocycles. The molecule has 1 aromatic carbocycles. The number of amides is 3. The van der Waals surface area contributed by atoms with Gasteiger partial charge in [0.15, 0.2) is 0 Å². The minimum absolute atomic E-state index is 0.0634. The average Bonchev–Trinajstić information content (AvgIpc) is 3.23. The second-order valence-electron chi connectivity index (χ2n) is 13.1. The van der Waals surface area contributed by atoms with Gasteiger partial charge in [-0.2, -0.15) is 0 Å². The molecule has 0 aliphatic carbocycles. The lowest BCUT2D eigenvalue weighted by Gasteiger charge is -2.57. The van der Waals surface area contributed by atoms with Gasteiger partial charge in [-0.25, -0.2) is 14.6 Å². The molecule has 3 N–H and O–H groups in total. The maximum Gasteiger partial charge on any atom is 0.411 e. The van der Waals surface area contributed by atoms with Crippen molar-refractivity contribution in [1.82, 2.24) is 24.6 Å². The van der Waals surface area contributed by atoms with E-state index in [0.29, 0.717) is 37.8 Å². The molecule has 0 unspecified atom stereocenters. The number of hydrogen-bond acceptors (Lipinski definition) is 8. The lowest BCUT2D eigenvalue weighted by molar-refractivity contribution is -0.128. The number of anilines is 2. The number of pyridine rings is 1. The van der Waals surface area contributed by atoms with Gasteiger partial charge in [-0.3, -0.25) is 9.80 Å². The first-order chi connectivity index (χ1) is 21.9. The van der Waals surface area contributed by atoms with Gasteiger partial charge in [0, 0.05) is 68.6 Å². The number of benzene rings is 1. The maximum atomic E-state index is 13.9. The number of nitrogen functional groups attached to an aromatic ring is 1. The molecule has 11 nitrogen and oxygen atoms in total. The summed E-state index contributed by atoms with van der Waals surface area (Å²) in [7, 11) is 0. The number of nitrogens with one attached hydrogen (secondary N) is 1. The molecule has 4 aliphatic heterocycles. The fourth-order valence-electron chi connectivity index (χ4n) is 7.97. The lowest BCUT2D eigenvalue weighted by atomic mass is 9.84. The summed E-state index contributed by atoms with van der Waals surface area (Å²) in [4.78, 5) is 52.9. The van der Waals surface area contributed by atoms with Crippen LogP contribution in [0.2, 0.25) is 0 Å². The minimum atomic E-state index is -0.886. The zero-order chi connectivity index (χ0) is 31.4. The number of ether oxygens (including phenoxy) is 1. The number of nitrogens with two attached hydrogens (primary N) is 1. The highest BCUT2D eigenvalue weighted by atomic mass is 16.6. The number of aryl methyl sites for hydroxylation is 1. The van der Waals surface area contributed by atoms with Crippen molar-refractivity contribution in [3.63, 3.8) is 0 Å². The lowest BCUT2D eigenvalue weighted by Crippen LogP contribution is -2.70. The van der Waals surface area contributed by atoms with Crippen LogP contribution in [-0.4, -0.2) is 100 Å². The summed E-state index contributed by atoms with van der Waals surface area (Å²) in [6, 6.07) is 10.1. The van der Waals surface area contributed by atoms with Crippen LogP contribution in [0, 0.1) is 6.92 Å². The third-order valence-electron chi connectivity index (χ3n) is 10.5. The van der Waals surface area contributed by atoms with E-state index < -0.39 is 11.8 Å². The fourth-order valence-corrected chi connectivity index (χ4v) is 7.97. The van der Waals surface area contributed by atoms with E-state index in [-0.39, 0.29) is 25.1 Å². The second-order valence-corrected chi connectivity index (χ2v) is 13.1. The first-order valence-electron chi connectivity index (χ1n) is 16.6. The number of carbonyl (C=O) groups excluding carboxylic acids is 3. The van der Waals surface area contributed by atoms with E-state index >= 15 is 0 Å². The number of nitrogens with zero attached hydrogens (tertiary/aromatic N) is 5. The highest BCUT2D eigenvalue weighted by molar-refractivity contribution is 5.91. The van der Waals surface area contributed by atoms with Gasteiger partial charge >= 0.3 is 12.1 Å². The molecule has 0 radical (unpaired) electrons. The molecule has 242 valence electrons. The SMILES string of the molecule is Cc1cc(COC(=O)N2CC[C@@H](N3CCc4ccccc4NC3=O)C[C@@]2(CC=O)N2CCC(N3CCCCC3)CC2)cnc1N. The number of urea groups is 1. The van der Waals surface area contributed by atoms with E-state index in [9.17, 15) is 14.4 Å². The molecule has 0 bridgehead atoms. The second kappa shape index (κ2) is 13.7. The molecule has 11 heteroatoms. The summed E-state index contributed by atoms with van der Waals surface area (Å²) >= 11 is 0. The van der Waals surface area contributed by atoms with Crippen LogP contribution in [0.5, 0.6) is 0 Å². The molecule has 2 atom stereocenters. The number of likely N-dealkylation sites (tertiary alicyclic amines) is 3. The minimum Gasteiger partial charge on any atom is -0.444 e. The third-order valence-corrected chi connectivity index (χ3v) is 10.5. The highest BCUT2D eigenvalue weighted by Crippen LogP contribution is 2.40. The van der Waals surface area contributed by atoms with Gasteiger partial charge in [0.2, 0.25) is 0 Å². The monoisotopic (exact) mass is 617 g/mol. The molecule has 4 aliphatic rings. The number of hydrogen-bond donors (Lipinski definition) is 2. The van der Waals surface area contributed by atoms with E-state index in [1.165, 1.54) is 19.3 Å². The Labute approximate surface area is 266 Å². The molecule has 3 amide bonds. The van der Waals surface area contributed by atoms with Crippen LogP contribution in [0.4, 0.5) is 21.1 Å². The summed E-state index contributed by atoms with van der Waals surface area (Å²) < 4.78 is 5.90. The quantitative estimate of drug-likeness (QED) is 0.439. The van der Waals surface area contributed by atoms with Crippen molar-refractivity contribution in [3.8, 4) is 0 Å². The van der Waals surface area contributed by atoms with Crippen molar-refractivity contribution in [2.24, 2.45) is 0 Å². The average molecular weight is 618 g/mol. The topological polar surface area (TPSA) is 124 Å². The summed E-state index contributed by atoms with van der Waals surface area (Å²) in [6.07, 6.45) is 9.89. The number of carbonyl (C=O) groups is 3. The summed E-state index contributed by atoms with van der Waals surface area (Å²) in [5.74, 6) is 0.450. The molecule has 0 spiro atoms. The largest absolute Gasteiger partial charge is 0.444 e. The Balaban J connectivity index is 1.24. The molecule has 3 fully saturated rings. The number of aromatic nitrogens is 1. The zero-order valence-electron chi connectivity index (χ0n) is 26.5. The zero-order valence-corrected chi connectivity index (χ0v) is 26.5. The predicted molar refractivity (Wildman–Crippen MR) is 173 cm³/mol. The number of aldehydes is 1. The summed E-state index contributed by atoms with van der Waals surface area (Å²) in [5, 5.41) is 3.11. The molecule has 5 heterocycles. The molecule has 45 heavy (non-hydrogen) atoms. The van der Waals surface area contributed by atoms with Crippen LogP contribution >= 0.6 is 0 Å². The van der Waals surface area contributed by atoms with Crippen molar-refractivity contribution >= 4 is 29.9 Å². The fraction of sp³-hybridized carbons (Fsp3) is 0.588. The molecule has 6 rings (SSSR count). The number of piperidine rings is 3. The molecule has 0 saturated carbocycles.